The number of carbonyl (C=O) groups is 3. The minimum atomic E-state index is -3.51. The maximum atomic E-state index is 13.8. The van der Waals surface area contributed by atoms with Crippen LogP contribution in [0.3, 0.4) is 0 Å². The highest BCUT2D eigenvalue weighted by atomic mass is 32.2. The van der Waals surface area contributed by atoms with Crippen LogP contribution in [0.5, 0.6) is 0 Å². The van der Waals surface area contributed by atoms with E-state index in [-0.39, 0.29) is 60.2 Å². The fraction of sp³-hybridized carbons (Fsp3) is 0.452. The summed E-state index contributed by atoms with van der Waals surface area (Å²) in [6.45, 7) is 4.71. The van der Waals surface area contributed by atoms with Crippen LogP contribution in [0.15, 0.2) is 59.5 Å². The van der Waals surface area contributed by atoms with Gasteiger partial charge in [0.2, 0.25) is 11.8 Å². The SMILES string of the molecule is CSCC[C@@H]1NC(=O)CCCN(C(=O)c2cccc(S(C)(=O)=O)c2)CCn2nc(-c3ccccc3)nc2[C@@H](C(C)C)NC1=O. The molecule has 1 aliphatic rings. The van der Waals surface area contributed by atoms with E-state index in [2.05, 4.69) is 10.6 Å². The Bertz CT molecular complexity index is 1580. The second-order valence-corrected chi connectivity index (χ2v) is 14.2. The summed E-state index contributed by atoms with van der Waals surface area (Å²) in [4.78, 5) is 46.8. The van der Waals surface area contributed by atoms with Crippen molar-refractivity contribution in [3.63, 3.8) is 0 Å². The Kier molecular flexibility index (Phi) is 11.2. The van der Waals surface area contributed by atoms with Crippen molar-refractivity contribution in [2.75, 3.05) is 31.4 Å². The summed E-state index contributed by atoms with van der Waals surface area (Å²) in [5, 5.41) is 10.8. The smallest absolute Gasteiger partial charge is 0.253 e. The largest absolute Gasteiger partial charge is 0.344 e. The van der Waals surface area contributed by atoms with Gasteiger partial charge < -0.3 is 15.5 Å². The third-order valence-corrected chi connectivity index (χ3v) is 9.20. The van der Waals surface area contributed by atoms with E-state index in [1.165, 1.54) is 12.1 Å². The zero-order chi connectivity index (χ0) is 31.9. The molecule has 0 spiro atoms. The predicted molar refractivity (Wildman–Crippen MR) is 171 cm³/mol. The minimum absolute atomic E-state index is 0.0580. The molecule has 2 aromatic carbocycles. The molecular formula is C31H40N6O5S2. The van der Waals surface area contributed by atoms with Crippen molar-refractivity contribution in [3.8, 4) is 11.4 Å². The number of sulfone groups is 1. The normalized spacial score (nSPS) is 18.7. The predicted octanol–water partition coefficient (Wildman–Crippen LogP) is 3.34. The van der Waals surface area contributed by atoms with E-state index < -0.39 is 21.9 Å². The Morgan fingerprint density at radius 1 is 1.05 bits per heavy atom. The van der Waals surface area contributed by atoms with Gasteiger partial charge in [0, 0.05) is 36.9 Å². The fourth-order valence-electron chi connectivity index (χ4n) is 5.02. The van der Waals surface area contributed by atoms with Crippen LogP contribution in [0.2, 0.25) is 0 Å². The Balaban J connectivity index is 1.75. The molecule has 3 amide bonds. The molecule has 0 unspecified atom stereocenters. The van der Waals surface area contributed by atoms with E-state index in [1.54, 1.807) is 33.5 Å². The molecule has 0 bridgehead atoms. The number of nitrogens with zero attached hydrogens (tertiary/aromatic N) is 4. The van der Waals surface area contributed by atoms with Gasteiger partial charge in [0.15, 0.2) is 21.5 Å². The van der Waals surface area contributed by atoms with Crippen LogP contribution in [0.25, 0.3) is 11.4 Å². The number of amides is 3. The molecule has 1 aliphatic heterocycles. The van der Waals surface area contributed by atoms with Gasteiger partial charge in [0.1, 0.15) is 6.04 Å². The van der Waals surface area contributed by atoms with Crippen LogP contribution < -0.4 is 10.6 Å². The lowest BCUT2D eigenvalue weighted by Crippen LogP contribution is -2.49. The average molecular weight is 641 g/mol. The number of hydrogen-bond acceptors (Lipinski definition) is 8. The molecule has 0 fully saturated rings. The van der Waals surface area contributed by atoms with Crippen LogP contribution in [0.1, 0.15) is 55.3 Å². The number of rotatable bonds is 7. The van der Waals surface area contributed by atoms with Crippen LogP contribution in [0.4, 0.5) is 0 Å². The lowest BCUT2D eigenvalue weighted by molar-refractivity contribution is -0.129. The van der Waals surface area contributed by atoms with Gasteiger partial charge in [-0.2, -0.15) is 16.9 Å². The number of fused-ring (bicyclic) bond motifs is 1. The quantitative estimate of drug-likeness (QED) is 0.401. The van der Waals surface area contributed by atoms with Crippen molar-refractivity contribution in [2.45, 2.75) is 56.6 Å². The zero-order valence-electron chi connectivity index (χ0n) is 25.5. The standard InChI is InChI=1S/C31H40N6O5S2/c1-21(2)27-29-34-28(22-10-6-5-7-11-22)35-37(29)18-17-36(31(40)23-12-8-13-24(20-23)44(4,41)42)16-9-14-26(38)32-25(15-19-43-3)30(39)33-27/h5-8,10-13,20-21,25,27H,9,14-19H2,1-4H3,(H,32,38)(H,33,39)/t25-,27+/m0/s1. The summed E-state index contributed by atoms with van der Waals surface area (Å²) in [7, 11) is -3.51. The highest BCUT2D eigenvalue weighted by Gasteiger charge is 2.30. The van der Waals surface area contributed by atoms with Crippen LogP contribution >= 0.6 is 11.8 Å². The first-order valence-corrected chi connectivity index (χ1v) is 17.9. The number of carbonyl (C=O) groups excluding carboxylic acids is 3. The number of benzene rings is 2. The first kappa shape index (κ1) is 33.2. The molecule has 2 atom stereocenters. The van der Waals surface area contributed by atoms with E-state index >= 15 is 0 Å². The maximum Gasteiger partial charge on any atom is 0.253 e. The van der Waals surface area contributed by atoms with Gasteiger partial charge in [0.05, 0.1) is 17.5 Å². The molecule has 11 nitrogen and oxygen atoms in total. The first-order chi connectivity index (χ1) is 21.0. The molecule has 4 rings (SSSR count). The summed E-state index contributed by atoms with van der Waals surface area (Å²) in [6, 6.07) is 14.3. The summed E-state index contributed by atoms with van der Waals surface area (Å²) < 4.78 is 26.1. The Morgan fingerprint density at radius 3 is 2.48 bits per heavy atom. The third-order valence-electron chi connectivity index (χ3n) is 7.45. The Morgan fingerprint density at radius 2 is 1.80 bits per heavy atom. The molecule has 0 radical (unpaired) electrons. The summed E-state index contributed by atoms with van der Waals surface area (Å²) in [5.41, 5.74) is 1.06. The molecular weight excluding hydrogens is 601 g/mol. The Hall–Kier alpha value is -3.71. The first-order valence-electron chi connectivity index (χ1n) is 14.7. The number of thioether (sulfide) groups is 1. The van der Waals surface area contributed by atoms with Crippen molar-refractivity contribution in [3.05, 3.63) is 66.0 Å². The van der Waals surface area contributed by atoms with Crippen molar-refractivity contribution in [2.24, 2.45) is 5.92 Å². The summed E-state index contributed by atoms with van der Waals surface area (Å²) >= 11 is 1.59. The molecule has 0 saturated heterocycles. The number of hydrogen-bond donors (Lipinski definition) is 2. The zero-order valence-corrected chi connectivity index (χ0v) is 27.2. The number of nitrogens with one attached hydrogen (secondary N) is 2. The van der Waals surface area contributed by atoms with Gasteiger partial charge in [-0.1, -0.05) is 50.2 Å². The lowest BCUT2D eigenvalue weighted by Gasteiger charge is -2.28. The van der Waals surface area contributed by atoms with E-state index in [0.29, 0.717) is 30.2 Å². The third kappa shape index (κ3) is 8.47. The monoisotopic (exact) mass is 640 g/mol. The summed E-state index contributed by atoms with van der Waals surface area (Å²) in [5.74, 6) is 0.771. The van der Waals surface area contributed by atoms with Crippen molar-refractivity contribution in [1.82, 2.24) is 30.3 Å². The van der Waals surface area contributed by atoms with Crippen LogP contribution in [-0.4, -0.2) is 83.2 Å². The topological polar surface area (TPSA) is 143 Å². The molecule has 1 aromatic heterocycles. The molecule has 0 saturated carbocycles. The molecule has 236 valence electrons. The molecule has 13 heteroatoms. The van der Waals surface area contributed by atoms with Gasteiger partial charge >= 0.3 is 0 Å². The van der Waals surface area contributed by atoms with Crippen LogP contribution in [-0.2, 0) is 26.0 Å². The second-order valence-electron chi connectivity index (χ2n) is 11.2. The van der Waals surface area contributed by atoms with Gasteiger partial charge in [-0.05, 0) is 49.0 Å². The highest BCUT2D eigenvalue weighted by Crippen LogP contribution is 2.25. The van der Waals surface area contributed by atoms with Gasteiger partial charge in [0.25, 0.3) is 5.91 Å². The average Bonchev–Trinajstić information content (AvgIpc) is 3.42. The molecule has 0 aliphatic carbocycles. The van der Waals surface area contributed by atoms with E-state index in [9.17, 15) is 22.8 Å². The number of aromatic nitrogens is 3. The van der Waals surface area contributed by atoms with Crippen molar-refractivity contribution < 1.29 is 22.8 Å². The van der Waals surface area contributed by atoms with E-state index in [1.807, 2.05) is 50.4 Å². The molecule has 44 heavy (non-hydrogen) atoms. The fourth-order valence-corrected chi connectivity index (χ4v) is 6.15. The van der Waals surface area contributed by atoms with Gasteiger partial charge in [-0.15, -0.1) is 0 Å². The Labute approximate surface area is 263 Å². The molecule has 2 heterocycles. The van der Waals surface area contributed by atoms with Crippen LogP contribution in [0, 0.1) is 5.92 Å². The molecule has 3 aromatic rings. The van der Waals surface area contributed by atoms with Crippen molar-refractivity contribution in [1.29, 1.82) is 0 Å². The summed E-state index contributed by atoms with van der Waals surface area (Å²) in [6.07, 6.45) is 3.99. The van der Waals surface area contributed by atoms with Gasteiger partial charge in [-0.25, -0.2) is 18.1 Å². The van der Waals surface area contributed by atoms with Gasteiger partial charge in [-0.3, -0.25) is 14.4 Å². The maximum absolute atomic E-state index is 13.8. The molecule has 2 N–H and O–H groups in total. The second kappa shape index (κ2) is 14.8. The lowest BCUT2D eigenvalue weighted by atomic mass is 10.0. The van der Waals surface area contributed by atoms with Crippen molar-refractivity contribution >= 4 is 39.3 Å². The highest BCUT2D eigenvalue weighted by molar-refractivity contribution is 7.98. The van der Waals surface area contributed by atoms with E-state index in [0.717, 1.165) is 11.8 Å². The van der Waals surface area contributed by atoms with E-state index in [4.69, 9.17) is 10.1 Å². The minimum Gasteiger partial charge on any atom is -0.344 e.